The number of nitro groups is 1. The standard InChI is InChI=1S/C24H25N5O4S/c1-2-3-14-25-21(30)13-12-20-23(31)28-22(26-20)18-6-4-5-7-19(18)27-24(28)34-15-16-8-10-17(11-9-16)29(32)33/h4-11,20H,2-3,12-15H2,1H3,(H,25,30)/t20-/m0/s1. The highest BCUT2D eigenvalue weighted by atomic mass is 32.2. The summed E-state index contributed by atoms with van der Waals surface area (Å²) < 4.78 is 0. The van der Waals surface area contributed by atoms with Crippen LogP contribution >= 0.6 is 11.8 Å². The van der Waals surface area contributed by atoms with Crippen molar-refractivity contribution < 1.29 is 14.5 Å². The molecule has 0 aromatic heterocycles. The predicted molar refractivity (Wildman–Crippen MR) is 132 cm³/mol. The quantitative estimate of drug-likeness (QED) is 0.329. The number of rotatable bonds is 9. The first-order chi connectivity index (χ1) is 16.5. The van der Waals surface area contributed by atoms with Crippen LogP contribution < -0.4 is 5.32 Å². The molecule has 2 amide bonds. The fourth-order valence-corrected chi connectivity index (χ4v) is 4.67. The van der Waals surface area contributed by atoms with E-state index in [1.165, 1.54) is 28.8 Å². The summed E-state index contributed by atoms with van der Waals surface area (Å²) in [7, 11) is 0. The average molecular weight is 480 g/mol. The van der Waals surface area contributed by atoms with Gasteiger partial charge >= 0.3 is 0 Å². The maximum absolute atomic E-state index is 13.3. The molecule has 0 spiro atoms. The largest absolute Gasteiger partial charge is 0.356 e. The molecule has 0 fully saturated rings. The van der Waals surface area contributed by atoms with Crippen molar-refractivity contribution in [3.63, 3.8) is 0 Å². The summed E-state index contributed by atoms with van der Waals surface area (Å²) in [4.78, 5) is 46.8. The third-order valence-electron chi connectivity index (χ3n) is 5.56. The first-order valence-corrected chi connectivity index (χ1v) is 12.2. The van der Waals surface area contributed by atoms with E-state index in [2.05, 4.69) is 17.2 Å². The molecular weight excluding hydrogens is 454 g/mol. The van der Waals surface area contributed by atoms with E-state index in [0.29, 0.717) is 29.7 Å². The van der Waals surface area contributed by atoms with Crippen molar-refractivity contribution in [3.8, 4) is 0 Å². The molecule has 10 heteroatoms. The smallest absolute Gasteiger partial charge is 0.269 e. The summed E-state index contributed by atoms with van der Waals surface area (Å²) in [6.07, 6.45) is 2.49. The summed E-state index contributed by atoms with van der Waals surface area (Å²) in [5.74, 6) is 0.771. The maximum Gasteiger partial charge on any atom is 0.269 e. The van der Waals surface area contributed by atoms with E-state index >= 15 is 0 Å². The SMILES string of the molecule is CCCCNC(=O)CC[C@@H]1N=C2c3ccccc3N=C(SCc3ccc([N+](=O)[O-])cc3)N2C1=O. The van der Waals surface area contributed by atoms with E-state index in [9.17, 15) is 19.7 Å². The normalized spacial score (nSPS) is 16.4. The van der Waals surface area contributed by atoms with Gasteiger partial charge in [0.15, 0.2) is 5.17 Å². The molecule has 4 rings (SSSR count). The zero-order valence-corrected chi connectivity index (χ0v) is 19.6. The third kappa shape index (κ3) is 5.17. The molecule has 1 atom stereocenters. The van der Waals surface area contributed by atoms with Gasteiger partial charge in [-0.05, 0) is 30.5 Å². The molecule has 0 unspecified atom stereocenters. The van der Waals surface area contributed by atoms with Gasteiger partial charge in [0, 0.05) is 36.4 Å². The fraction of sp³-hybridized carbons (Fsp3) is 0.333. The van der Waals surface area contributed by atoms with Crippen molar-refractivity contribution in [3.05, 3.63) is 69.8 Å². The van der Waals surface area contributed by atoms with E-state index < -0.39 is 11.0 Å². The molecule has 1 N–H and O–H groups in total. The topological polar surface area (TPSA) is 117 Å². The number of unbranched alkanes of at least 4 members (excludes halogenated alkanes) is 1. The molecule has 0 saturated carbocycles. The van der Waals surface area contributed by atoms with E-state index in [1.807, 2.05) is 24.3 Å². The Kier molecular flexibility index (Phi) is 7.36. The molecule has 34 heavy (non-hydrogen) atoms. The van der Waals surface area contributed by atoms with Gasteiger partial charge in [-0.1, -0.05) is 49.4 Å². The highest BCUT2D eigenvalue weighted by Crippen LogP contribution is 2.35. The van der Waals surface area contributed by atoms with Crippen molar-refractivity contribution in [1.82, 2.24) is 10.2 Å². The van der Waals surface area contributed by atoms with Crippen LogP contribution in [0.25, 0.3) is 0 Å². The number of nitrogens with one attached hydrogen (secondary N) is 1. The molecule has 0 bridgehead atoms. The van der Waals surface area contributed by atoms with Crippen molar-refractivity contribution in [2.75, 3.05) is 6.54 Å². The van der Waals surface area contributed by atoms with E-state index in [0.717, 1.165) is 29.7 Å². The highest BCUT2D eigenvalue weighted by Gasteiger charge is 2.41. The lowest BCUT2D eigenvalue weighted by atomic mass is 10.1. The lowest BCUT2D eigenvalue weighted by molar-refractivity contribution is -0.384. The van der Waals surface area contributed by atoms with Gasteiger partial charge < -0.3 is 5.32 Å². The molecular formula is C24H25N5O4S. The second-order valence-corrected chi connectivity index (χ2v) is 8.95. The van der Waals surface area contributed by atoms with Crippen molar-refractivity contribution in [1.29, 1.82) is 0 Å². The Balaban J connectivity index is 1.49. The molecule has 0 saturated heterocycles. The first-order valence-electron chi connectivity index (χ1n) is 11.2. The number of nitro benzene ring substituents is 1. The molecule has 2 aromatic carbocycles. The van der Waals surface area contributed by atoms with E-state index in [1.54, 1.807) is 12.1 Å². The number of hydrogen-bond donors (Lipinski definition) is 1. The summed E-state index contributed by atoms with van der Waals surface area (Å²) in [5.41, 5.74) is 2.42. The van der Waals surface area contributed by atoms with Crippen LogP contribution in [0.2, 0.25) is 0 Å². The van der Waals surface area contributed by atoms with Crippen LogP contribution in [0.1, 0.15) is 43.7 Å². The molecule has 2 aromatic rings. The lowest BCUT2D eigenvalue weighted by Crippen LogP contribution is -2.41. The summed E-state index contributed by atoms with van der Waals surface area (Å²) in [5, 5.41) is 14.3. The van der Waals surface area contributed by atoms with Crippen LogP contribution in [-0.2, 0) is 15.3 Å². The third-order valence-corrected chi connectivity index (χ3v) is 6.57. The van der Waals surface area contributed by atoms with Crippen LogP contribution in [0.15, 0.2) is 58.5 Å². The van der Waals surface area contributed by atoms with Crippen LogP contribution in [-0.4, -0.2) is 45.2 Å². The van der Waals surface area contributed by atoms with E-state index in [-0.39, 0.29) is 23.9 Å². The number of amides is 2. The number of thioether (sulfide) groups is 1. The Hall–Kier alpha value is -3.53. The summed E-state index contributed by atoms with van der Waals surface area (Å²) in [6, 6.07) is 13.2. The Morgan fingerprint density at radius 1 is 1.21 bits per heavy atom. The number of benzene rings is 2. The fourth-order valence-electron chi connectivity index (χ4n) is 3.71. The number of fused-ring (bicyclic) bond motifs is 3. The minimum absolute atomic E-state index is 0.0309. The highest BCUT2D eigenvalue weighted by molar-refractivity contribution is 8.13. The number of carbonyl (C=O) groups excluding carboxylic acids is 2. The van der Waals surface area contributed by atoms with Crippen LogP contribution in [0.5, 0.6) is 0 Å². The van der Waals surface area contributed by atoms with Gasteiger partial charge in [0.2, 0.25) is 5.91 Å². The number of aliphatic imine (C=N–C) groups is 2. The number of hydrogen-bond acceptors (Lipinski definition) is 7. The number of carbonyl (C=O) groups is 2. The Morgan fingerprint density at radius 2 is 1.97 bits per heavy atom. The van der Waals surface area contributed by atoms with Crippen molar-refractivity contribution in [2.24, 2.45) is 9.98 Å². The Labute approximate surface area is 201 Å². The zero-order chi connectivity index (χ0) is 24.1. The number of amidine groups is 2. The summed E-state index contributed by atoms with van der Waals surface area (Å²) >= 11 is 1.37. The van der Waals surface area contributed by atoms with Gasteiger partial charge in [-0.2, -0.15) is 0 Å². The second-order valence-electron chi connectivity index (χ2n) is 8.01. The van der Waals surface area contributed by atoms with Gasteiger partial charge in [-0.3, -0.25) is 24.7 Å². The summed E-state index contributed by atoms with van der Waals surface area (Å²) in [6.45, 7) is 2.70. The molecule has 0 aliphatic carbocycles. The van der Waals surface area contributed by atoms with Gasteiger partial charge in [-0.15, -0.1) is 0 Å². The molecule has 9 nitrogen and oxygen atoms in total. The first kappa shape index (κ1) is 23.6. The van der Waals surface area contributed by atoms with Crippen molar-refractivity contribution in [2.45, 2.75) is 44.4 Å². The van der Waals surface area contributed by atoms with E-state index in [4.69, 9.17) is 4.99 Å². The van der Waals surface area contributed by atoms with Gasteiger partial charge in [0.1, 0.15) is 11.9 Å². The molecule has 2 aliphatic rings. The average Bonchev–Trinajstić information content (AvgIpc) is 3.18. The zero-order valence-electron chi connectivity index (χ0n) is 18.8. The second kappa shape index (κ2) is 10.6. The van der Waals surface area contributed by atoms with Gasteiger partial charge in [0.25, 0.3) is 11.6 Å². The van der Waals surface area contributed by atoms with Crippen LogP contribution in [0.4, 0.5) is 11.4 Å². The van der Waals surface area contributed by atoms with Crippen molar-refractivity contribution >= 4 is 46.0 Å². The minimum atomic E-state index is -0.636. The number of nitrogens with zero attached hydrogens (tertiary/aromatic N) is 4. The lowest BCUT2D eigenvalue weighted by Gasteiger charge is -2.25. The van der Waals surface area contributed by atoms with Crippen LogP contribution in [0.3, 0.4) is 0 Å². The molecule has 0 radical (unpaired) electrons. The van der Waals surface area contributed by atoms with Gasteiger partial charge in [-0.25, -0.2) is 9.89 Å². The van der Waals surface area contributed by atoms with Crippen LogP contribution in [0, 0.1) is 10.1 Å². The predicted octanol–water partition coefficient (Wildman–Crippen LogP) is 4.18. The number of para-hydroxylation sites is 1. The van der Waals surface area contributed by atoms with Gasteiger partial charge in [0.05, 0.1) is 10.6 Å². The molecule has 2 aliphatic heterocycles. The molecule has 176 valence electrons. The monoisotopic (exact) mass is 479 g/mol. The minimum Gasteiger partial charge on any atom is -0.356 e. The number of non-ortho nitro benzene ring substituents is 1. The maximum atomic E-state index is 13.3. The Bertz CT molecular complexity index is 1160. The Morgan fingerprint density at radius 3 is 2.71 bits per heavy atom. The molecule has 2 heterocycles.